The Morgan fingerprint density at radius 3 is 2.52 bits per heavy atom. The van der Waals surface area contributed by atoms with Gasteiger partial charge in [0.2, 0.25) is 5.91 Å². The highest BCUT2D eigenvalue weighted by Crippen LogP contribution is 2.17. The zero-order valence-corrected chi connectivity index (χ0v) is 17.0. The Morgan fingerprint density at radius 1 is 1.10 bits per heavy atom. The van der Waals surface area contributed by atoms with E-state index in [9.17, 15) is 9.59 Å². The SMILES string of the molecule is CCCCOc1ccccc1C=NNC(=O)C(C)C(=O)Nc1ccc(OC)cc1. The number of ether oxygens (including phenoxy) is 2. The van der Waals surface area contributed by atoms with Gasteiger partial charge < -0.3 is 14.8 Å². The Kier molecular flexibility index (Phi) is 8.69. The summed E-state index contributed by atoms with van der Waals surface area (Å²) in [6, 6.07) is 14.3. The van der Waals surface area contributed by atoms with Gasteiger partial charge in [-0.15, -0.1) is 0 Å². The van der Waals surface area contributed by atoms with Gasteiger partial charge in [0.1, 0.15) is 17.4 Å². The van der Waals surface area contributed by atoms with Gasteiger partial charge in [-0.2, -0.15) is 5.10 Å². The second-order valence-electron chi connectivity index (χ2n) is 6.41. The van der Waals surface area contributed by atoms with Gasteiger partial charge in [0.15, 0.2) is 0 Å². The third-order valence-corrected chi connectivity index (χ3v) is 4.20. The number of rotatable bonds is 10. The highest BCUT2D eigenvalue weighted by Gasteiger charge is 2.21. The number of hydrazone groups is 1. The van der Waals surface area contributed by atoms with Gasteiger partial charge in [0, 0.05) is 11.3 Å². The Labute approximate surface area is 171 Å². The Morgan fingerprint density at radius 2 is 1.83 bits per heavy atom. The Bertz CT molecular complexity index is 834. The van der Waals surface area contributed by atoms with Crippen molar-refractivity contribution in [1.82, 2.24) is 5.43 Å². The van der Waals surface area contributed by atoms with E-state index in [4.69, 9.17) is 9.47 Å². The standard InChI is InChI=1S/C22H27N3O4/c1-4-5-14-29-20-9-7-6-8-17(20)15-23-25-22(27)16(2)21(26)24-18-10-12-19(28-3)13-11-18/h6-13,15-16H,4-5,14H2,1-3H3,(H,24,26)(H,25,27). The van der Waals surface area contributed by atoms with Crippen LogP contribution in [0.2, 0.25) is 0 Å². The molecule has 0 aliphatic rings. The van der Waals surface area contributed by atoms with Crippen molar-refractivity contribution in [3.05, 3.63) is 54.1 Å². The molecular formula is C22H27N3O4. The topological polar surface area (TPSA) is 89.0 Å². The fourth-order valence-electron chi connectivity index (χ4n) is 2.35. The molecule has 1 unspecified atom stereocenters. The van der Waals surface area contributed by atoms with Gasteiger partial charge in [0.05, 0.1) is 19.9 Å². The maximum absolute atomic E-state index is 12.3. The first-order valence-electron chi connectivity index (χ1n) is 9.54. The molecule has 0 saturated carbocycles. The normalized spacial score (nSPS) is 11.7. The largest absolute Gasteiger partial charge is 0.497 e. The number of nitrogens with zero attached hydrogens (tertiary/aromatic N) is 1. The van der Waals surface area contributed by atoms with Crippen LogP contribution in [0.1, 0.15) is 32.3 Å². The lowest BCUT2D eigenvalue weighted by atomic mass is 10.1. The minimum atomic E-state index is -0.912. The number of carbonyl (C=O) groups excluding carboxylic acids is 2. The van der Waals surface area contributed by atoms with Gasteiger partial charge in [-0.3, -0.25) is 9.59 Å². The van der Waals surface area contributed by atoms with E-state index in [1.54, 1.807) is 31.4 Å². The molecule has 1 atom stereocenters. The van der Waals surface area contributed by atoms with E-state index >= 15 is 0 Å². The van der Waals surface area contributed by atoms with Crippen molar-refractivity contribution >= 4 is 23.7 Å². The van der Waals surface area contributed by atoms with Crippen LogP contribution in [0.15, 0.2) is 53.6 Å². The highest BCUT2D eigenvalue weighted by atomic mass is 16.5. The molecule has 0 fully saturated rings. The van der Waals surface area contributed by atoms with E-state index in [2.05, 4.69) is 22.8 Å². The minimum Gasteiger partial charge on any atom is -0.497 e. The lowest BCUT2D eigenvalue weighted by Crippen LogP contribution is -2.34. The molecule has 0 radical (unpaired) electrons. The number of amides is 2. The minimum absolute atomic E-state index is 0.425. The van der Waals surface area contributed by atoms with Crippen LogP contribution in [-0.4, -0.2) is 31.7 Å². The van der Waals surface area contributed by atoms with Crippen molar-refractivity contribution in [2.75, 3.05) is 19.0 Å². The molecule has 2 rings (SSSR count). The summed E-state index contributed by atoms with van der Waals surface area (Å²) in [7, 11) is 1.57. The fourth-order valence-corrected chi connectivity index (χ4v) is 2.35. The van der Waals surface area contributed by atoms with Gasteiger partial charge in [-0.25, -0.2) is 5.43 Å². The lowest BCUT2D eigenvalue weighted by molar-refractivity contribution is -0.131. The summed E-state index contributed by atoms with van der Waals surface area (Å²) in [5, 5.41) is 6.66. The van der Waals surface area contributed by atoms with E-state index in [1.165, 1.54) is 13.1 Å². The first-order valence-corrected chi connectivity index (χ1v) is 9.54. The predicted octanol–water partition coefficient (Wildman–Crippen LogP) is 3.60. The summed E-state index contributed by atoms with van der Waals surface area (Å²) < 4.78 is 10.8. The molecule has 0 saturated heterocycles. The van der Waals surface area contributed by atoms with Crippen LogP contribution in [0.4, 0.5) is 5.69 Å². The Hall–Kier alpha value is -3.35. The number of benzene rings is 2. The van der Waals surface area contributed by atoms with Crippen molar-refractivity contribution in [3.8, 4) is 11.5 Å². The van der Waals surface area contributed by atoms with Crippen LogP contribution in [-0.2, 0) is 9.59 Å². The van der Waals surface area contributed by atoms with Crippen LogP contribution < -0.4 is 20.2 Å². The average Bonchev–Trinajstić information content (AvgIpc) is 2.74. The number of hydrogen-bond donors (Lipinski definition) is 2. The number of nitrogens with one attached hydrogen (secondary N) is 2. The highest BCUT2D eigenvalue weighted by molar-refractivity contribution is 6.06. The molecule has 0 heterocycles. The molecular weight excluding hydrogens is 370 g/mol. The second-order valence-corrected chi connectivity index (χ2v) is 6.41. The lowest BCUT2D eigenvalue weighted by Gasteiger charge is -2.11. The zero-order valence-electron chi connectivity index (χ0n) is 17.0. The maximum atomic E-state index is 12.3. The quantitative estimate of drug-likeness (QED) is 0.277. The van der Waals surface area contributed by atoms with Crippen LogP contribution in [0.25, 0.3) is 0 Å². The number of unbranched alkanes of at least 4 members (excludes halogenated alkanes) is 1. The summed E-state index contributed by atoms with van der Waals surface area (Å²) in [6.45, 7) is 4.24. The average molecular weight is 397 g/mol. The van der Waals surface area contributed by atoms with Gasteiger partial charge in [-0.1, -0.05) is 25.5 Å². The van der Waals surface area contributed by atoms with E-state index < -0.39 is 17.7 Å². The van der Waals surface area contributed by atoms with Crippen molar-refractivity contribution in [2.24, 2.45) is 11.0 Å². The molecule has 0 spiro atoms. The molecule has 2 amide bonds. The summed E-state index contributed by atoms with van der Waals surface area (Å²) in [6.07, 6.45) is 3.51. The summed E-state index contributed by atoms with van der Waals surface area (Å²) >= 11 is 0. The molecule has 0 aliphatic carbocycles. The van der Waals surface area contributed by atoms with Gasteiger partial charge in [0.25, 0.3) is 5.91 Å². The predicted molar refractivity (Wildman–Crippen MR) is 113 cm³/mol. The molecule has 29 heavy (non-hydrogen) atoms. The third kappa shape index (κ3) is 6.95. The van der Waals surface area contributed by atoms with Crippen molar-refractivity contribution in [2.45, 2.75) is 26.7 Å². The smallest absolute Gasteiger partial charge is 0.252 e. The number of hydrogen-bond acceptors (Lipinski definition) is 5. The molecule has 2 N–H and O–H groups in total. The van der Waals surface area contributed by atoms with E-state index in [0.29, 0.717) is 23.8 Å². The zero-order chi connectivity index (χ0) is 21.1. The van der Waals surface area contributed by atoms with Gasteiger partial charge >= 0.3 is 0 Å². The molecule has 2 aromatic carbocycles. The third-order valence-electron chi connectivity index (χ3n) is 4.20. The molecule has 0 aromatic heterocycles. The maximum Gasteiger partial charge on any atom is 0.252 e. The van der Waals surface area contributed by atoms with Crippen LogP contribution in [0.3, 0.4) is 0 Å². The monoisotopic (exact) mass is 397 g/mol. The van der Waals surface area contributed by atoms with Crippen molar-refractivity contribution < 1.29 is 19.1 Å². The van der Waals surface area contributed by atoms with E-state index in [1.807, 2.05) is 24.3 Å². The van der Waals surface area contributed by atoms with Crippen LogP contribution in [0, 0.1) is 5.92 Å². The van der Waals surface area contributed by atoms with Gasteiger partial charge in [-0.05, 0) is 49.7 Å². The van der Waals surface area contributed by atoms with Crippen molar-refractivity contribution in [3.63, 3.8) is 0 Å². The number of methoxy groups -OCH3 is 1. The molecule has 0 bridgehead atoms. The number of anilines is 1. The van der Waals surface area contributed by atoms with Crippen LogP contribution in [0.5, 0.6) is 11.5 Å². The van der Waals surface area contributed by atoms with Crippen LogP contribution >= 0.6 is 0 Å². The molecule has 154 valence electrons. The first kappa shape index (κ1) is 21.9. The molecule has 2 aromatic rings. The van der Waals surface area contributed by atoms with E-state index in [-0.39, 0.29) is 0 Å². The number of carbonyl (C=O) groups is 2. The molecule has 7 heteroatoms. The summed E-state index contributed by atoms with van der Waals surface area (Å²) in [4.78, 5) is 24.5. The second kappa shape index (κ2) is 11.5. The molecule has 0 aliphatic heterocycles. The van der Waals surface area contributed by atoms with Crippen molar-refractivity contribution in [1.29, 1.82) is 0 Å². The summed E-state index contributed by atoms with van der Waals surface area (Å²) in [5.74, 6) is -0.459. The van der Waals surface area contributed by atoms with E-state index in [0.717, 1.165) is 18.4 Å². The fraction of sp³-hybridized carbons (Fsp3) is 0.318. The number of para-hydroxylation sites is 1. The summed E-state index contributed by atoms with van der Waals surface area (Å²) in [5.41, 5.74) is 3.73. The first-order chi connectivity index (χ1) is 14.0. The molecule has 7 nitrogen and oxygen atoms in total. The Balaban J connectivity index is 1.89.